The van der Waals surface area contributed by atoms with Crippen molar-refractivity contribution in [2.24, 2.45) is 0 Å². The van der Waals surface area contributed by atoms with Gasteiger partial charge in [0.25, 0.3) is 11.1 Å². The fraction of sp³-hybridized carbons (Fsp3) is 0.105. The van der Waals surface area contributed by atoms with E-state index in [0.29, 0.717) is 16.3 Å². The number of carbonyl (C=O) groups is 3. The lowest BCUT2D eigenvalue weighted by atomic mass is 10.1. The summed E-state index contributed by atoms with van der Waals surface area (Å²) in [5, 5.41) is 9.24. The molecule has 0 unspecified atom stereocenters. The van der Waals surface area contributed by atoms with Crippen LogP contribution < -0.4 is 4.74 Å². The summed E-state index contributed by atoms with van der Waals surface area (Å²) in [6.45, 7) is 0.265. The number of hydrogen-bond acceptors (Lipinski definition) is 5. The van der Waals surface area contributed by atoms with Crippen molar-refractivity contribution in [2.75, 3.05) is 13.2 Å². The van der Waals surface area contributed by atoms with E-state index in [1.165, 1.54) is 18.2 Å². The quantitative estimate of drug-likeness (QED) is 0.729. The predicted octanol–water partition coefficient (Wildman–Crippen LogP) is 4.15. The van der Waals surface area contributed by atoms with Crippen LogP contribution in [-0.4, -0.2) is 40.3 Å². The molecule has 1 aliphatic rings. The number of carbonyl (C=O) groups excluding carboxylic acids is 2. The number of thioether (sulfide) groups is 1. The Bertz CT molecular complexity index is 926. The summed E-state index contributed by atoms with van der Waals surface area (Å²) in [6.07, 6.45) is 1.51. The third kappa shape index (κ3) is 4.69. The first-order valence-electron chi connectivity index (χ1n) is 7.91. The van der Waals surface area contributed by atoms with E-state index in [-0.39, 0.29) is 28.9 Å². The second-order valence-corrected chi connectivity index (χ2v) is 7.00. The number of benzene rings is 2. The molecule has 1 saturated heterocycles. The van der Waals surface area contributed by atoms with E-state index < -0.39 is 11.9 Å². The molecule has 0 radical (unpaired) electrons. The smallest absolute Gasteiger partial charge is 0.335 e. The Labute approximate surface area is 164 Å². The number of aromatic carboxylic acids is 1. The van der Waals surface area contributed by atoms with Crippen molar-refractivity contribution in [2.45, 2.75) is 0 Å². The van der Waals surface area contributed by atoms with Crippen LogP contribution in [-0.2, 0) is 4.79 Å². The van der Waals surface area contributed by atoms with Crippen LogP contribution in [0.4, 0.5) is 4.79 Å². The van der Waals surface area contributed by atoms with E-state index in [0.717, 1.165) is 16.7 Å². The highest BCUT2D eigenvalue weighted by atomic mass is 35.5. The molecule has 0 bridgehead atoms. The average Bonchev–Trinajstić information content (AvgIpc) is 2.91. The van der Waals surface area contributed by atoms with Gasteiger partial charge in [-0.3, -0.25) is 14.5 Å². The lowest BCUT2D eigenvalue weighted by molar-refractivity contribution is -0.123. The topological polar surface area (TPSA) is 83.9 Å². The van der Waals surface area contributed by atoms with Crippen LogP contribution in [0.5, 0.6) is 5.75 Å². The third-order valence-corrected chi connectivity index (χ3v) is 4.86. The number of amides is 2. The third-order valence-electron chi connectivity index (χ3n) is 3.70. The molecule has 1 N–H and O–H groups in total. The minimum absolute atomic E-state index is 0.111. The maximum Gasteiger partial charge on any atom is 0.335 e. The zero-order valence-corrected chi connectivity index (χ0v) is 15.5. The first kappa shape index (κ1) is 19.0. The van der Waals surface area contributed by atoms with Crippen LogP contribution in [0.2, 0.25) is 5.02 Å². The summed E-state index contributed by atoms with van der Waals surface area (Å²) in [4.78, 5) is 36.9. The summed E-state index contributed by atoms with van der Waals surface area (Å²) in [5.74, 6) is -0.893. The van der Waals surface area contributed by atoms with Gasteiger partial charge < -0.3 is 9.84 Å². The predicted molar refractivity (Wildman–Crippen MR) is 103 cm³/mol. The number of carboxylic acids is 1. The van der Waals surface area contributed by atoms with Gasteiger partial charge in [0.05, 0.1) is 17.0 Å². The fourth-order valence-electron chi connectivity index (χ4n) is 2.39. The van der Waals surface area contributed by atoms with Crippen molar-refractivity contribution < 1.29 is 24.2 Å². The standard InChI is InChI=1S/C19H14ClNO5S/c20-14-4-6-15(7-5-14)26-9-8-21-17(22)16(27-19(21)25)11-12-2-1-3-13(10-12)18(23)24/h1-7,10-11H,8-9H2,(H,23,24)/b16-11-. The van der Waals surface area contributed by atoms with Crippen molar-refractivity contribution in [1.29, 1.82) is 0 Å². The molecule has 8 heteroatoms. The summed E-state index contributed by atoms with van der Waals surface area (Å²) < 4.78 is 5.52. The second-order valence-electron chi connectivity index (χ2n) is 5.57. The molecule has 0 atom stereocenters. The monoisotopic (exact) mass is 403 g/mol. The summed E-state index contributed by atoms with van der Waals surface area (Å²) in [5.41, 5.74) is 0.650. The van der Waals surface area contributed by atoms with Gasteiger partial charge in [-0.25, -0.2) is 4.79 Å². The minimum atomic E-state index is -1.06. The molecule has 27 heavy (non-hydrogen) atoms. The van der Waals surface area contributed by atoms with E-state index in [9.17, 15) is 14.4 Å². The molecule has 3 rings (SSSR count). The molecule has 6 nitrogen and oxygen atoms in total. The van der Waals surface area contributed by atoms with Crippen LogP contribution in [0.25, 0.3) is 6.08 Å². The molecule has 2 amide bonds. The molecule has 1 fully saturated rings. The Morgan fingerprint density at radius 2 is 1.93 bits per heavy atom. The normalized spacial score (nSPS) is 15.4. The Hall–Kier alpha value is -2.77. The van der Waals surface area contributed by atoms with Gasteiger partial charge in [0.15, 0.2) is 0 Å². The lowest BCUT2D eigenvalue weighted by Crippen LogP contribution is -2.32. The van der Waals surface area contributed by atoms with E-state index >= 15 is 0 Å². The highest BCUT2D eigenvalue weighted by Crippen LogP contribution is 2.32. The van der Waals surface area contributed by atoms with Gasteiger partial charge in [-0.1, -0.05) is 23.7 Å². The van der Waals surface area contributed by atoms with E-state index in [4.69, 9.17) is 21.4 Å². The van der Waals surface area contributed by atoms with Crippen molar-refractivity contribution >= 4 is 46.6 Å². The number of imide groups is 1. The van der Waals surface area contributed by atoms with Gasteiger partial charge >= 0.3 is 5.97 Å². The van der Waals surface area contributed by atoms with Crippen LogP contribution >= 0.6 is 23.4 Å². The SMILES string of the molecule is O=C(O)c1cccc(/C=C2\SC(=O)N(CCOc3ccc(Cl)cc3)C2=O)c1. The minimum Gasteiger partial charge on any atom is -0.492 e. The van der Waals surface area contributed by atoms with Gasteiger partial charge in [-0.2, -0.15) is 0 Å². The van der Waals surface area contributed by atoms with Crippen molar-refractivity contribution in [3.63, 3.8) is 0 Å². The largest absolute Gasteiger partial charge is 0.492 e. The van der Waals surface area contributed by atoms with E-state index in [2.05, 4.69) is 0 Å². The summed E-state index contributed by atoms with van der Waals surface area (Å²) >= 11 is 6.62. The van der Waals surface area contributed by atoms with Crippen LogP contribution in [0.15, 0.2) is 53.4 Å². The molecule has 0 spiro atoms. The zero-order chi connectivity index (χ0) is 19.4. The van der Waals surface area contributed by atoms with E-state index in [1.54, 1.807) is 36.4 Å². The molecule has 1 aliphatic heterocycles. The summed E-state index contributed by atoms with van der Waals surface area (Å²) in [6, 6.07) is 12.9. The maximum absolute atomic E-state index is 12.5. The van der Waals surface area contributed by atoms with Gasteiger partial charge in [-0.15, -0.1) is 0 Å². The van der Waals surface area contributed by atoms with Crippen LogP contribution in [0, 0.1) is 0 Å². The number of nitrogens with zero attached hydrogens (tertiary/aromatic N) is 1. The first-order chi connectivity index (χ1) is 12.9. The number of rotatable bonds is 6. The average molecular weight is 404 g/mol. The highest BCUT2D eigenvalue weighted by molar-refractivity contribution is 8.18. The number of halogens is 1. The molecular weight excluding hydrogens is 390 g/mol. The Kier molecular flexibility index (Phi) is 5.83. The fourth-order valence-corrected chi connectivity index (χ4v) is 3.38. The molecule has 138 valence electrons. The van der Waals surface area contributed by atoms with Gasteiger partial charge in [-0.05, 0) is 59.8 Å². The van der Waals surface area contributed by atoms with Gasteiger partial charge in [0, 0.05) is 5.02 Å². The maximum atomic E-state index is 12.5. The summed E-state index contributed by atoms with van der Waals surface area (Å²) in [7, 11) is 0. The zero-order valence-electron chi connectivity index (χ0n) is 13.9. The molecule has 0 aliphatic carbocycles. The van der Waals surface area contributed by atoms with Gasteiger partial charge in [0.1, 0.15) is 12.4 Å². The Balaban J connectivity index is 1.65. The second kappa shape index (κ2) is 8.28. The molecule has 0 saturated carbocycles. The molecular formula is C19H14ClNO5S. The Morgan fingerprint density at radius 1 is 1.19 bits per heavy atom. The van der Waals surface area contributed by atoms with Crippen molar-refractivity contribution in [1.82, 2.24) is 4.90 Å². The first-order valence-corrected chi connectivity index (χ1v) is 9.10. The number of carboxylic acid groups (broad SMARTS) is 1. The highest BCUT2D eigenvalue weighted by Gasteiger charge is 2.34. The molecule has 2 aromatic rings. The number of hydrogen-bond donors (Lipinski definition) is 1. The van der Waals surface area contributed by atoms with Crippen molar-refractivity contribution in [3.05, 3.63) is 69.6 Å². The van der Waals surface area contributed by atoms with Gasteiger partial charge in [0.2, 0.25) is 0 Å². The Morgan fingerprint density at radius 3 is 2.63 bits per heavy atom. The van der Waals surface area contributed by atoms with E-state index in [1.807, 2.05) is 0 Å². The van der Waals surface area contributed by atoms with Crippen molar-refractivity contribution in [3.8, 4) is 5.75 Å². The molecule has 2 aromatic carbocycles. The molecule has 0 aromatic heterocycles. The lowest BCUT2D eigenvalue weighted by Gasteiger charge is -2.13. The molecule has 1 heterocycles. The van der Waals surface area contributed by atoms with Crippen LogP contribution in [0.1, 0.15) is 15.9 Å². The number of ether oxygens (including phenoxy) is 1. The van der Waals surface area contributed by atoms with Crippen LogP contribution in [0.3, 0.4) is 0 Å².